The molecule has 2 fully saturated rings. The Kier molecular flexibility index (Phi) is 6.57. The molecule has 0 radical (unpaired) electrons. The molecule has 11 heteroatoms. The Labute approximate surface area is 220 Å². The van der Waals surface area contributed by atoms with Crippen LogP contribution in [0.3, 0.4) is 0 Å². The number of nitrogens with zero attached hydrogens (tertiary/aromatic N) is 7. The summed E-state index contributed by atoms with van der Waals surface area (Å²) in [5.41, 5.74) is 3.78. The second-order valence-electron chi connectivity index (χ2n) is 9.22. The highest BCUT2D eigenvalue weighted by Gasteiger charge is 2.21. The molecule has 1 aromatic carbocycles. The number of amides is 1. The summed E-state index contributed by atoms with van der Waals surface area (Å²) >= 11 is 0. The molecule has 0 spiro atoms. The van der Waals surface area contributed by atoms with Gasteiger partial charge in [0.25, 0.3) is 0 Å². The summed E-state index contributed by atoms with van der Waals surface area (Å²) in [6.45, 7) is 9.36. The van der Waals surface area contributed by atoms with Crippen molar-refractivity contribution in [3.8, 4) is 11.3 Å². The van der Waals surface area contributed by atoms with Crippen LogP contribution in [0.25, 0.3) is 22.3 Å². The fourth-order valence-electron chi connectivity index (χ4n) is 4.82. The molecule has 2 N–H and O–H groups in total. The van der Waals surface area contributed by atoms with Crippen molar-refractivity contribution < 1.29 is 9.53 Å². The van der Waals surface area contributed by atoms with Crippen molar-refractivity contribution in [2.75, 3.05) is 67.6 Å². The molecule has 2 saturated heterocycles. The van der Waals surface area contributed by atoms with Gasteiger partial charge in [0.2, 0.25) is 5.91 Å². The molecule has 4 aromatic rings. The Morgan fingerprint density at radius 3 is 2.45 bits per heavy atom. The minimum absolute atomic E-state index is 0.0303. The van der Waals surface area contributed by atoms with Gasteiger partial charge in [0.1, 0.15) is 29.4 Å². The zero-order chi connectivity index (χ0) is 25.9. The molecule has 11 nitrogen and oxygen atoms in total. The molecule has 2 aliphatic heterocycles. The highest BCUT2D eigenvalue weighted by Crippen LogP contribution is 2.30. The average Bonchev–Trinajstić information content (AvgIpc) is 3.43. The van der Waals surface area contributed by atoms with Crippen LogP contribution in [0.4, 0.5) is 23.1 Å². The number of fused-ring (bicyclic) bond motifs is 1. The summed E-state index contributed by atoms with van der Waals surface area (Å²) in [5, 5.41) is 4.32. The number of nitrogens with one attached hydrogen (secondary N) is 2. The highest BCUT2D eigenvalue weighted by atomic mass is 16.5. The number of morpholine rings is 1. The predicted molar refractivity (Wildman–Crippen MR) is 147 cm³/mol. The van der Waals surface area contributed by atoms with Gasteiger partial charge >= 0.3 is 0 Å². The number of aromatic nitrogens is 5. The van der Waals surface area contributed by atoms with Crippen LogP contribution < -0.4 is 15.1 Å². The van der Waals surface area contributed by atoms with E-state index in [0.717, 1.165) is 65.8 Å². The minimum atomic E-state index is -0.0303. The Hall–Kier alpha value is -4.51. The minimum Gasteiger partial charge on any atom is -0.378 e. The highest BCUT2D eigenvalue weighted by molar-refractivity contribution is 5.92. The smallest absolute Gasteiger partial charge is 0.246 e. The van der Waals surface area contributed by atoms with Crippen LogP contribution in [-0.4, -0.2) is 88.2 Å². The fourth-order valence-corrected chi connectivity index (χ4v) is 4.82. The fraction of sp³-hybridized carbons (Fsp3) is 0.296. The van der Waals surface area contributed by atoms with Crippen LogP contribution in [0.2, 0.25) is 0 Å². The van der Waals surface area contributed by atoms with E-state index in [0.29, 0.717) is 32.1 Å². The molecule has 0 aliphatic carbocycles. The van der Waals surface area contributed by atoms with Gasteiger partial charge in [-0.25, -0.2) is 19.9 Å². The normalized spacial score (nSPS) is 16.1. The second-order valence-corrected chi connectivity index (χ2v) is 9.22. The summed E-state index contributed by atoms with van der Waals surface area (Å²) in [6, 6.07) is 10.3. The van der Waals surface area contributed by atoms with E-state index in [1.165, 1.54) is 6.08 Å². The number of aromatic amines is 1. The van der Waals surface area contributed by atoms with Gasteiger partial charge in [-0.2, -0.15) is 0 Å². The lowest BCUT2D eigenvalue weighted by atomic mass is 10.1. The van der Waals surface area contributed by atoms with Crippen molar-refractivity contribution >= 4 is 40.1 Å². The van der Waals surface area contributed by atoms with Crippen LogP contribution in [0.1, 0.15) is 0 Å². The van der Waals surface area contributed by atoms with Gasteiger partial charge in [0, 0.05) is 50.6 Å². The van der Waals surface area contributed by atoms with E-state index in [4.69, 9.17) is 4.74 Å². The van der Waals surface area contributed by atoms with E-state index < -0.39 is 0 Å². The SMILES string of the molecule is C=CC(=O)N1CCN(c2cnc(Nc3ccc(-c4cc5c(N6CCOCC6)ncnc5[nH]4)cc3)cn2)CC1. The number of carbonyl (C=O) groups excluding carboxylic acids is 1. The van der Waals surface area contributed by atoms with Crippen molar-refractivity contribution in [3.63, 3.8) is 0 Å². The van der Waals surface area contributed by atoms with Gasteiger partial charge in [-0.3, -0.25) is 4.79 Å². The standard InChI is InChI=1S/C27H29N9O2/c1-2-25(37)35-9-7-34(8-10-35)24-17-28-23(16-29-24)32-20-5-3-19(4-6-20)22-15-21-26(33-22)30-18-31-27(21)36-11-13-38-14-12-36/h2-6,15-18H,1,7-14H2,(H,28,32)(H,30,31,33). The first-order chi connectivity index (χ1) is 18.7. The molecule has 1 amide bonds. The number of hydrogen-bond donors (Lipinski definition) is 2. The third-order valence-electron chi connectivity index (χ3n) is 6.91. The first kappa shape index (κ1) is 23.9. The molecule has 0 saturated carbocycles. The maximum atomic E-state index is 11.8. The molecule has 3 aromatic heterocycles. The van der Waals surface area contributed by atoms with E-state index in [1.807, 2.05) is 12.1 Å². The van der Waals surface area contributed by atoms with Crippen molar-refractivity contribution in [2.24, 2.45) is 0 Å². The Bertz CT molecular complexity index is 1420. The third-order valence-corrected chi connectivity index (χ3v) is 6.91. The first-order valence-electron chi connectivity index (χ1n) is 12.7. The number of anilines is 4. The summed E-state index contributed by atoms with van der Waals surface area (Å²) < 4.78 is 5.49. The zero-order valence-corrected chi connectivity index (χ0v) is 21.0. The summed E-state index contributed by atoms with van der Waals surface area (Å²) in [4.78, 5) is 39.5. The van der Waals surface area contributed by atoms with Crippen molar-refractivity contribution in [2.45, 2.75) is 0 Å². The van der Waals surface area contributed by atoms with Crippen LogP contribution in [0.15, 0.2) is 61.7 Å². The maximum Gasteiger partial charge on any atom is 0.246 e. The maximum absolute atomic E-state index is 11.8. The van der Waals surface area contributed by atoms with E-state index in [9.17, 15) is 4.79 Å². The summed E-state index contributed by atoms with van der Waals surface area (Å²) in [5.74, 6) is 2.37. The number of carbonyl (C=O) groups is 1. The van der Waals surface area contributed by atoms with E-state index in [2.05, 4.69) is 64.8 Å². The Balaban J connectivity index is 1.11. The lowest BCUT2D eigenvalue weighted by Gasteiger charge is -2.34. The third kappa shape index (κ3) is 4.88. The molecular weight excluding hydrogens is 482 g/mol. The van der Waals surface area contributed by atoms with E-state index in [-0.39, 0.29) is 5.91 Å². The molecule has 0 unspecified atom stereocenters. The lowest BCUT2D eigenvalue weighted by Crippen LogP contribution is -2.48. The lowest BCUT2D eigenvalue weighted by molar-refractivity contribution is -0.126. The van der Waals surface area contributed by atoms with Gasteiger partial charge in [-0.05, 0) is 29.8 Å². The van der Waals surface area contributed by atoms with Gasteiger partial charge in [-0.15, -0.1) is 0 Å². The number of ether oxygens (including phenoxy) is 1. The van der Waals surface area contributed by atoms with Crippen molar-refractivity contribution in [3.05, 3.63) is 61.7 Å². The topological polar surface area (TPSA) is 115 Å². The summed E-state index contributed by atoms with van der Waals surface area (Å²) in [6.07, 6.45) is 6.46. The predicted octanol–water partition coefficient (Wildman–Crippen LogP) is 2.83. The van der Waals surface area contributed by atoms with Crippen molar-refractivity contribution in [1.29, 1.82) is 0 Å². The monoisotopic (exact) mass is 511 g/mol. The largest absolute Gasteiger partial charge is 0.378 e. The number of benzene rings is 1. The second kappa shape index (κ2) is 10.5. The molecule has 38 heavy (non-hydrogen) atoms. The first-order valence-corrected chi connectivity index (χ1v) is 12.7. The molecular formula is C27H29N9O2. The molecule has 0 atom stereocenters. The van der Waals surface area contributed by atoms with E-state index in [1.54, 1.807) is 23.6 Å². The van der Waals surface area contributed by atoms with Crippen LogP contribution >= 0.6 is 0 Å². The van der Waals surface area contributed by atoms with Gasteiger partial charge in [0.05, 0.1) is 31.0 Å². The molecule has 2 aliphatic rings. The molecule has 194 valence electrons. The van der Waals surface area contributed by atoms with E-state index >= 15 is 0 Å². The van der Waals surface area contributed by atoms with Crippen LogP contribution in [0.5, 0.6) is 0 Å². The average molecular weight is 512 g/mol. The van der Waals surface area contributed by atoms with Gasteiger partial charge in [-0.1, -0.05) is 18.7 Å². The van der Waals surface area contributed by atoms with Gasteiger partial charge in [0.15, 0.2) is 0 Å². The van der Waals surface area contributed by atoms with Crippen LogP contribution in [-0.2, 0) is 9.53 Å². The zero-order valence-electron chi connectivity index (χ0n) is 21.0. The number of rotatable bonds is 6. The number of H-pyrrole nitrogens is 1. The molecule has 5 heterocycles. The van der Waals surface area contributed by atoms with Crippen molar-refractivity contribution in [1.82, 2.24) is 29.8 Å². The Morgan fingerprint density at radius 2 is 1.74 bits per heavy atom. The molecule has 0 bridgehead atoms. The quantitative estimate of drug-likeness (QED) is 0.377. The number of piperazine rings is 1. The number of hydrogen-bond acceptors (Lipinski definition) is 9. The Morgan fingerprint density at radius 1 is 0.947 bits per heavy atom. The molecule has 6 rings (SSSR count). The summed E-state index contributed by atoms with van der Waals surface area (Å²) in [7, 11) is 0. The van der Waals surface area contributed by atoms with Gasteiger partial charge < -0.3 is 29.7 Å². The van der Waals surface area contributed by atoms with Crippen LogP contribution in [0, 0.1) is 0 Å².